The number of nitrogens with one attached hydrogen (secondary N) is 1. The second kappa shape index (κ2) is 10.7. The Morgan fingerprint density at radius 1 is 1.56 bits per heavy atom. The molecule has 0 rings (SSSR count). The predicted molar refractivity (Wildman–Crippen MR) is 62.5 cm³/mol. The summed E-state index contributed by atoms with van der Waals surface area (Å²) in [5.41, 5.74) is 8.49. The van der Waals surface area contributed by atoms with Crippen molar-refractivity contribution in [2.75, 3.05) is 6.61 Å². The van der Waals surface area contributed by atoms with Crippen LogP contribution in [0.5, 0.6) is 0 Å². The number of carbonyl (C=O) groups excluding carboxylic acids is 1. The summed E-state index contributed by atoms with van der Waals surface area (Å²) in [5, 5.41) is 0. The molecule has 1 unspecified atom stereocenters. The second-order valence-electron chi connectivity index (χ2n) is 2.99. The summed E-state index contributed by atoms with van der Waals surface area (Å²) in [6.45, 7) is 7.52. The molecule has 0 saturated carbocycles. The molecule has 16 heavy (non-hydrogen) atoms. The minimum atomic E-state index is -0.854. The Bertz CT molecular complexity index is 272. The number of carbonyl (C=O) groups is 1. The van der Waals surface area contributed by atoms with Crippen molar-refractivity contribution in [3.63, 3.8) is 0 Å². The summed E-state index contributed by atoms with van der Waals surface area (Å²) in [5.74, 6) is -0.475. The number of esters is 1. The smallest absolute Gasteiger partial charge is 0.288 e. The van der Waals surface area contributed by atoms with E-state index in [0.29, 0.717) is 13.0 Å². The van der Waals surface area contributed by atoms with Crippen molar-refractivity contribution in [1.82, 2.24) is 0 Å². The van der Waals surface area contributed by atoms with Gasteiger partial charge in [-0.2, -0.15) is 0 Å². The van der Waals surface area contributed by atoms with Crippen molar-refractivity contribution < 1.29 is 28.1 Å². The molecule has 0 aliphatic heterocycles. The third-order valence-electron chi connectivity index (χ3n) is 1.72. The first kappa shape index (κ1) is 17.6. The van der Waals surface area contributed by atoms with Gasteiger partial charge >= 0.3 is 0 Å². The molecule has 0 spiro atoms. The second-order valence-corrected chi connectivity index (χ2v) is 2.99. The van der Waals surface area contributed by atoms with Gasteiger partial charge in [-0.25, -0.2) is 0 Å². The van der Waals surface area contributed by atoms with E-state index in [4.69, 9.17) is 10.5 Å². The monoisotopic (exact) mass is 259 g/mol. The van der Waals surface area contributed by atoms with E-state index >= 15 is 0 Å². The van der Waals surface area contributed by atoms with E-state index < -0.39 is 12.0 Å². The normalized spacial score (nSPS) is 13.1. The van der Waals surface area contributed by atoms with Gasteiger partial charge in [-0.1, -0.05) is 30.9 Å². The number of rotatable bonds is 6. The van der Waals surface area contributed by atoms with E-state index in [1.54, 1.807) is 19.1 Å². The Balaban J connectivity index is 0. The van der Waals surface area contributed by atoms with Gasteiger partial charge in [0.05, 0.1) is 6.61 Å². The molecule has 3 nitrogen and oxygen atoms in total. The molecule has 1 radical (unpaired) electrons. The Kier molecular flexibility index (Phi) is 11.8. The Hall–Kier alpha value is -0.766. The number of hydrogen-bond donors (Lipinski definition) is 0. The molecular formula is C12H18NO2V-. The summed E-state index contributed by atoms with van der Waals surface area (Å²) in [6, 6.07) is -0.854. The standard InChI is InChI=1S/C12H18NO2.V/c1-4-7-10(8-5-2)9-11(13)12(14)15-6-3;/h4-5,7-8,11,13H,1,6,9H2,2-3H3;/q-1;/b8-5-,10-7+;. The van der Waals surface area contributed by atoms with Crippen LogP contribution in [0.15, 0.2) is 36.5 Å². The first-order valence-corrected chi connectivity index (χ1v) is 4.97. The molecule has 89 valence electrons. The van der Waals surface area contributed by atoms with Crippen LogP contribution in [0.3, 0.4) is 0 Å². The van der Waals surface area contributed by atoms with Crippen LogP contribution in [-0.2, 0) is 28.1 Å². The topological polar surface area (TPSA) is 50.1 Å². The molecule has 0 heterocycles. The first-order chi connectivity index (χ1) is 7.15. The Morgan fingerprint density at radius 3 is 2.62 bits per heavy atom. The van der Waals surface area contributed by atoms with Crippen molar-refractivity contribution in [1.29, 1.82) is 0 Å². The molecule has 0 amide bonds. The molecule has 0 aromatic rings. The molecule has 0 saturated heterocycles. The van der Waals surface area contributed by atoms with Gasteiger partial charge in [-0.3, -0.25) is 4.79 Å². The number of hydrogen-bond acceptors (Lipinski definition) is 2. The zero-order chi connectivity index (χ0) is 11.7. The SMILES string of the molecule is C=C/C=C(\C=C/C)CC([NH-])C(=O)OCC.[V]. The van der Waals surface area contributed by atoms with Gasteiger partial charge in [-0.15, -0.1) is 0 Å². The maximum Gasteiger partial charge on any atom is 0.288 e. The number of ether oxygens (including phenoxy) is 1. The largest absolute Gasteiger partial charge is 0.665 e. The molecule has 1 atom stereocenters. The molecule has 4 heteroatoms. The molecular weight excluding hydrogens is 241 g/mol. The Labute approximate surface area is 109 Å². The van der Waals surface area contributed by atoms with E-state index in [1.807, 2.05) is 19.1 Å². The summed E-state index contributed by atoms with van der Waals surface area (Å²) < 4.78 is 4.76. The molecule has 0 aliphatic carbocycles. The van der Waals surface area contributed by atoms with E-state index in [2.05, 4.69) is 6.58 Å². The van der Waals surface area contributed by atoms with Crippen molar-refractivity contribution in [3.05, 3.63) is 42.2 Å². The Morgan fingerprint density at radius 2 is 2.19 bits per heavy atom. The van der Waals surface area contributed by atoms with Crippen LogP contribution in [-0.4, -0.2) is 18.6 Å². The van der Waals surface area contributed by atoms with Crippen LogP contribution in [0.1, 0.15) is 20.3 Å². The molecule has 0 aromatic carbocycles. The van der Waals surface area contributed by atoms with Gasteiger partial charge in [0.25, 0.3) is 5.97 Å². The maximum absolute atomic E-state index is 11.2. The van der Waals surface area contributed by atoms with Crippen molar-refractivity contribution in [2.24, 2.45) is 0 Å². The van der Waals surface area contributed by atoms with Crippen LogP contribution in [0.4, 0.5) is 0 Å². The quantitative estimate of drug-likeness (QED) is 0.543. The van der Waals surface area contributed by atoms with Crippen LogP contribution in [0, 0.1) is 0 Å². The van der Waals surface area contributed by atoms with Gasteiger partial charge < -0.3 is 10.5 Å². The van der Waals surface area contributed by atoms with E-state index in [0.717, 1.165) is 5.57 Å². The van der Waals surface area contributed by atoms with E-state index in [1.165, 1.54) is 0 Å². The van der Waals surface area contributed by atoms with Gasteiger partial charge in [0.2, 0.25) is 0 Å². The third kappa shape index (κ3) is 7.52. The van der Waals surface area contributed by atoms with Gasteiger partial charge in [0.15, 0.2) is 0 Å². The number of allylic oxidation sites excluding steroid dienone is 4. The summed E-state index contributed by atoms with van der Waals surface area (Å²) >= 11 is 0. The van der Waals surface area contributed by atoms with E-state index in [9.17, 15) is 4.79 Å². The van der Waals surface area contributed by atoms with Gasteiger partial charge in [-0.05, 0) is 31.9 Å². The van der Waals surface area contributed by atoms with Crippen LogP contribution in [0.25, 0.3) is 5.73 Å². The fourth-order valence-corrected chi connectivity index (χ4v) is 1.12. The van der Waals surface area contributed by atoms with Gasteiger partial charge in [0, 0.05) is 18.6 Å². The van der Waals surface area contributed by atoms with Crippen LogP contribution >= 0.6 is 0 Å². The first-order valence-electron chi connectivity index (χ1n) is 4.97. The van der Waals surface area contributed by atoms with E-state index in [-0.39, 0.29) is 18.6 Å². The summed E-state index contributed by atoms with van der Waals surface area (Å²) in [4.78, 5) is 11.2. The fourth-order valence-electron chi connectivity index (χ4n) is 1.12. The van der Waals surface area contributed by atoms with Crippen molar-refractivity contribution >= 4 is 5.97 Å². The molecule has 0 aromatic heterocycles. The average molecular weight is 259 g/mol. The van der Waals surface area contributed by atoms with Crippen molar-refractivity contribution in [3.8, 4) is 0 Å². The molecule has 1 N–H and O–H groups in total. The zero-order valence-corrected chi connectivity index (χ0v) is 11.2. The zero-order valence-electron chi connectivity index (χ0n) is 9.77. The predicted octanol–water partition coefficient (Wildman–Crippen LogP) is 3.05. The maximum atomic E-state index is 11.2. The van der Waals surface area contributed by atoms with Crippen LogP contribution < -0.4 is 0 Å². The summed E-state index contributed by atoms with van der Waals surface area (Å²) in [6.07, 6.45) is 7.53. The van der Waals surface area contributed by atoms with Crippen molar-refractivity contribution in [2.45, 2.75) is 26.3 Å². The minimum Gasteiger partial charge on any atom is -0.665 e. The molecule has 0 bridgehead atoms. The molecule has 0 aliphatic rings. The molecule has 0 fully saturated rings. The third-order valence-corrected chi connectivity index (χ3v) is 1.72. The average Bonchev–Trinajstić information content (AvgIpc) is 2.18. The minimum absolute atomic E-state index is 0. The van der Waals surface area contributed by atoms with Gasteiger partial charge in [0.1, 0.15) is 0 Å². The fraction of sp³-hybridized carbons (Fsp3) is 0.417. The van der Waals surface area contributed by atoms with Crippen LogP contribution in [0.2, 0.25) is 0 Å². The summed E-state index contributed by atoms with van der Waals surface area (Å²) in [7, 11) is 0.